The summed E-state index contributed by atoms with van der Waals surface area (Å²) in [4.78, 5) is 4.50. The molecule has 0 aliphatic rings. The minimum absolute atomic E-state index is 1.10. The summed E-state index contributed by atoms with van der Waals surface area (Å²) in [6.07, 6.45) is 1.86. The van der Waals surface area contributed by atoms with Crippen molar-refractivity contribution >= 4 is 11.9 Å². The van der Waals surface area contributed by atoms with Crippen molar-refractivity contribution in [2.45, 2.75) is 27.7 Å². The Morgan fingerprint density at radius 2 is 1.56 bits per heavy atom. The zero-order valence-corrected chi connectivity index (χ0v) is 11.5. The van der Waals surface area contributed by atoms with Gasteiger partial charge in [-0.15, -0.1) is 0 Å². The van der Waals surface area contributed by atoms with Crippen LogP contribution in [0.25, 0.3) is 11.1 Å². The fourth-order valence-electron chi connectivity index (χ4n) is 2.33. The molecule has 0 saturated carbocycles. The van der Waals surface area contributed by atoms with Gasteiger partial charge < -0.3 is 0 Å². The molecule has 0 atom stereocenters. The van der Waals surface area contributed by atoms with Gasteiger partial charge in [-0.2, -0.15) is 0 Å². The van der Waals surface area contributed by atoms with Crippen molar-refractivity contribution in [1.82, 2.24) is 0 Å². The normalized spacial score (nSPS) is 11.1. The molecular formula is C17H19N. The first kappa shape index (κ1) is 12.6. The van der Waals surface area contributed by atoms with Gasteiger partial charge in [-0.3, -0.25) is 4.99 Å². The zero-order valence-electron chi connectivity index (χ0n) is 11.5. The summed E-state index contributed by atoms with van der Waals surface area (Å²) >= 11 is 0. The second-order valence-electron chi connectivity index (χ2n) is 4.61. The number of hydrogen-bond acceptors (Lipinski definition) is 1. The maximum absolute atomic E-state index is 4.50. The van der Waals surface area contributed by atoms with E-state index in [1.54, 1.807) is 0 Å². The molecule has 2 rings (SSSR count). The summed E-state index contributed by atoms with van der Waals surface area (Å²) in [6.45, 7) is 8.37. The highest BCUT2D eigenvalue weighted by molar-refractivity contribution is 5.77. The molecule has 0 fully saturated rings. The lowest BCUT2D eigenvalue weighted by molar-refractivity contribution is 1.32. The summed E-state index contributed by atoms with van der Waals surface area (Å²) < 4.78 is 0. The highest BCUT2D eigenvalue weighted by Gasteiger charge is 2.09. The van der Waals surface area contributed by atoms with Gasteiger partial charge in [0.25, 0.3) is 0 Å². The van der Waals surface area contributed by atoms with Crippen molar-refractivity contribution in [1.29, 1.82) is 0 Å². The molecule has 0 saturated heterocycles. The van der Waals surface area contributed by atoms with Gasteiger partial charge in [-0.25, -0.2) is 0 Å². The highest BCUT2D eigenvalue weighted by atomic mass is 14.7. The van der Waals surface area contributed by atoms with Crippen LogP contribution in [0.1, 0.15) is 23.6 Å². The first-order valence-corrected chi connectivity index (χ1v) is 6.30. The molecule has 0 unspecified atom stereocenters. The minimum Gasteiger partial charge on any atom is -0.261 e. The summed E-state index contributed by atoms with van der Waals surface area (Å²) in [5.41, 5.74) is 7.45. The molecule has 0 radical (unpaired) electrons. The van der Waals surface area contributed by atoms with Crippen molar-refractivity contribution in [2.24, 2.45) is 4.99 Å². The quantitative estimate of drug-likeness (QED) is 0.652. The topological polar surface area (TPSA) is 12.4 Å². The predicted molar refractivity (Wildman–Crippen MR) is 79.9 cm³/mol. The Balaban J connectivity index is 2.67. The van der Waals surface area contributed by atoms with Crippen molar-refractivity contribution in [3.63, 3.8) is 0 Å². The average molecular weight is 237 g/mol. The van der Waals surface area contributed by atoms with Gasteiger partial charge in [0.2, 0.25) is 0 Å². The first-order chi connectivity index (χ1) is 8.65. The molecule has 0 N–H and O–H groups in total. The fourth-order valence-corrected chi connectivity index (χ4v) is 2.33. The van der Waals surface area contributed by atoms with Crippen LogP contribution in [0.15, 0.2) is 41.4 Å². The van der Waals surface area contributed by atoms with E-state index in [0.29, 0.717) is 0 Å². The van der Waals surface area contributed by atoms with E-state index in [0.717, 1.165) is 5.69 Å². The van der Waals surface area contributed by atoms with E-state index in [1.165, 1.54) is 27.8 Å². The second kappa shape index (κ2) is 5.18. The first-order valence-electron chi connectivity index (χ1n) is 6.30. The van der Waals surface area contributed by atoms with Crippen LogP contribution in [0.2, 0.25) is 0 Å². The van der Waals surface area contributed by atoms with Gasteiger partial charge in [0.15, 0.2) is 0 Å². The zero-order chi connectivity index (χ0) is 13.1. The monoisotopic (exact) mass is 237 g/mol. The van der Waals surface area contributed by atoms with E-state index in [1.807, 2.05) is 13.1 Å². The lowest BCUT2D eigenvalue weighted by Crippen LogP contribution is -1.89. The number of nitrogens with zero attached hydrogens (tertiary/aromatic N) is 1. The summed E-state index contributed by atoms with van der Waals surface area (Å²) in [5.74, 6) is 0. The minimum atomic E-state index is 1.10. The van der Waals surface area contributed by atoms with Crippen molar-refractivity contribution < 1.29 is 0 Å². The number of aliphatic imine (C=N–C) groups is 1. The molecule has 0 aromatic heterocycles. The predicted octanol–water partition coefficient (Wildman–Crippen LogP) is 5.00. The summed E-state index contributed by atoms with van der Waals surface area (Å²) in [7, 11) is 0. The third kappa shape index (κ3) is 2.21. The molecule has 1 nitrogen and oxygen atoms in total. The maximum atomic E-state index is 4.50. The van der Waals surface area contributed by atoms with Crippen LogP contribution in [0, 0.1) is 20.8 Å². The average Bonchev–Trinajstić information content (AvgIpc) is 2.36. The van der Waals surface area contributed by atoms with Crippen molar-refractivity contribution in [3.05, 3.63) is 53.1 Å². The van der Waals surface area contributed by atoms with Crippen LogP contribution in [0.3, 0.4) is 0 Å². The van der Waals surface area contributed by atoms with E-state index >= 15 is 0 Å². The molecule has 2 aromatic carbocycles. The number of hydrogen-bond donors (Lipinski definition) is 0. The third-order valence-corrected chi connectivity index (χ3v) is 3.33. The Morgan fingerprint density at radius 3 is 2.22 bits per heavy atom. The van der Waals surface area contributed by atoms with Crippen molar-refractivity contribution in [2.75, 3.05) is 0 Å². The SMILES string of the molecule is CC=Nc1c(C)ccc(-c2ccccc2C)c1C. The molecular weight excluding hydrogens is 218 g/mol. The fraction of sp³-hybridized carbons (Fsp3) is 0.235. The number of aryl methyl sites for hydroxylation is 2. The van der Waals surface area contributed by atoms with Gasteiger partial charge in [-0.05, 0) is 55.5 Å². The van der Waals surface area contributed by atoms with Gasteiger partial charge in [0, 0.05) is 6.21 Å². The molecule has 0 aliphatic carbocycles. The molecule has 18 heavy (non-hydrogen) atoms. The molecule has 92 valence electrons. The molecule has 0 heterocycles. The molecule has 2 aromatic rings. The Bertz CT molecular complexity index is 595. The van der Waals surface area contributed by atoms with Crippen LogP contribution in [0.4, 0.5) is 5.69 Å². The largest absolute Gasteiger partial charge is 0.261 e. The highest BCUT2D eigenvalue weighted by Crippen LogP contribution is 2.34. The van der Waals surface area contributed by atoms with E-state index in [2.05, 4.69) is 62.2 Å². The van der Waals surface area contributed by atoms with Crippen LogP contribution in [-0.4, -0.2) is 6.21 Å². The molecule has 0 aliphatic heterocycles. The van der Waals surface area contributed by atoms with Crippen LogP contribution in [-0.2, 0) is 0 Å². The van der Waals surface area contributed by atoms with Gasteiger partial charge >= 0.3 is 0 Å². The Morgan fingerprint density at radius 1 is 0.833 bits per heavy atom. The van der Waals surface area contributed by atoms with E-state index in [9.17, 15) is 0 Å². The maximum Gasteiger partial charge on any atom is 0.0690 e. The van der Waals surface area contributed by atoms with Crippen LogP contribution in [0.5, 0.6) is 0 Å². The summed E-state index contributed by atoms with van der Waals surface area (Å²) in [6, 6.07) is 12.8. The Labute approximate surface area is 109 Å². The second-order valence-corrected chi connectivity index (χ2v) is 4.61. The lowest BCUT2D eigenvalue weighted by atomic mass is 9.94. The van der Waals surface area contributed by atoms with Gasteiger partial charge in [-0.1, -0.05) is 36.4 Å². The van der Waals surface area contributed by atoms with Crippen molar-refractivity contribution in [3.8, 4) is 11.1 Å². The van der Waals surface area contributed by atoms with Crippen LogP contribution < -0.4 is 0 Å². The molecule has 0 bridgehead atoms. The molecule has 0 spiro atoms. The third-order valence-electron chi connectivity index (χ3n) is 3.33. The Hall–Kier alpha value is -1.89. The Kier molecular flexibility index (Phi) is 3.61. The standard InChI is InChI=1S/C17H19N/c1-5-18-17-13(3)10-11-16(14(17)4)15-9-7-6-8-12(15)2/h5-11H,1-4H3. The molecule has 0 amide bonds. The van der Waals surface area contributed by atoms with Gasteiger partial charge in [0.05, 0.1) is 5.69 Å². The smallest absolute Gasteiger partial charge is 0.0690 e. The van der Waals surface area contributed by atoms with Crippen LogP contribution >= 0.6 is 0 Å². The molecule has 1 heteroatoms. The van der Waals surface area contributed by atoms with E-state index in [4.69, 9.17) is 0 Å². The number of rotatable bonds is 2. The summed E-state index contributed by atoms with van der Waals surface area (Å²) in [5, 5.41) is 0. The van der Waals surface area contributed by atoms with E-state index < -0.39 is 0 Å². The number of benzene rings is 2. The lowest BCUT2D eigenvalue weighted by Gasteiger charge is -2.13. The van der Waals surface area contributed by atoms with E-state index in [-0.39, 0.29) is 0 Å². The van der Waals surface area contributed by atoms with Gasteiger partial charge in [0.1, 0.15) is 0 Å².